The Morgan fingerprint density at radius 1 is 0.533 bits per heavy atom. The third-order valence-corrected chi connectivity index (χ3v) is 8.53. The number of rotatable bonds is 33. The van der Waals surface area contributed by atoms with Gasteiger partial charge in [-0.1, -0.05) is 140 Å². The van der Waals surface area contributed by atoms with Crippen molar-refractivity contribution in [2.75, 3.05) is 6.61 Å². The molecule has 1 amide bonds. The molecular weight excluding hydrogens is 562 g/mol. The summed E-state index contributed by atoms with van der Waals surface area (Å²) < 4.78 is 0. The summed E-state index contributed by atoms with van der Waals surface area (Å²) >= 11 is 0. The number of carbonyl (C=O) groups is 1. The lowest BCUT2D eigenvalue weighted by Crippen LogP contribution is -2.53. The Hall–Kier alpha value is -1.47. The first kappa shape index (κ1) is 43.5. The number of hydrogen-bond donors (Lipinski definition) is 5. The smallest absolute Gasteiger partial charge is 0.249 e. The molecule has 0 rings (SSSR count). The van der Waals surface area contributed by atoms with E-state index in [1.165, 1.54) is 83.5 Å². The maximum atomic E-state index is 12.4. The van der Waals surface area contributed by atoms with Gasteiger partial charge in [-0.3, -0.25) is 4.79 Å². The Morgan fingerprint density at radius 2 is 0.978 bits per heavy atom. The molecule has 0 bridgehead atoms. The molecule has 0 aliphatic carbocycles. The number of aliphatic hydroxyl groups excluding tert-OH is 4. The molecule has 0 aromatic carbocycles. The Kier molecular flexibility index (Phi) is 32.8. The summed E-state index contributed by atoms with van der Waals surface area (Å²) in [6.45, 7) is 3.93. The first-order valence-corrected chi connectivity index (χ1v) is 18.9. The number of unbranched alkanes of at least 4 members (excludes halogenated alkanes) is 18. The zero-order valence-corrected chi connectivity index (χ0v) is 29.4. The van der Waals surface area contributed by atoms with E-state index < -0.39 is 36.9 Å². The molecule has 0 saturated carbocycles. The van der Waals surface area contributed by atoms with Gasteiger partial charge in [0.15, 0.2) is 0 Å². The molecule has 4 atom stereocenters. The molecule has 264 valence electrons. The van der Waals surface area contributed by atoms with E-state index in [0.29, 0.717) is 19.3 Å². The fourth-order valence-corrected chi connectivity index (χ4v) is 5.48. The largest absolute Gasteiger partial charge is 0.394 e. The van der Waals surface area contributed by atoms with Crippen molar-refractivity contribution in [3.05, 3.63) is 36.5 Å². The van der Waals surface area contributed by atoms with Crippen molar-refractivity contribution in [2.45, 2.75) is 199 Å². The van der Waals surface area contributed by atoms with E-state index in [1.54, 1.807) is 0 Å². The number of amides is 1. The van der Waals surface area contributed by atoms with Gasteiger partial charge in [-0.2, -0.15) is 0 Å². The van der Waals surface area contributed by atoms with E-state index in [9.17, 15) is 25.2 Å². The minimum absolute atomic E-state index is 0.352. The SMILES string of the molecule is CCC/C=C/CC/C=C/CCCC(O)C(O)C(CO)NC(=O)C(O)CCCCCCCC/C=C\CCCCCCCCCCC. The Labute approximate surface area is 277 Å². The standard InChI is InChI=1S/C39H73NO5/c1-3-5-7-9-11-13-15-16-17-18-19-20-21-22-23-25-27-29-31-33-37(43)39(45)40-35(34-41)38(44)36(42)32-30-28-26-24-14-12-10-8-6-4-2/h8,10,19-20,24,26,35-38,41-44H,3-7,9,11-18,21-23,25,27-34H2,1-2H3,(H,40,45)/b10-8+,20-19-,26-24+. The van der Waals surface area contributed by atoms with Gasteiger partial charge in [-0.25, -0.2) is 0 Å². The van der Waals surface area contributed by atoms with Gasteiger partial charge in [-0.15, -0.1) is 0 Å². The molecule has 0 aromatic heterocycles. The van der Waals surface area contributed by atoms with E-state index in [-0.39, 0.29) is 0 Å². The van der Waals surface area contributed by atoms with Crippen LogP contribution in [0.2, 0.25) is 0 Å². The van der Waals surface area contributed by atoms with Crippen LogP contribution in [0.5, 0.6) is 0 Å². The van der Waals surface area contributed by atoms with Crippen LogP contribution in [0.25, 0.3) is 0 Å². The van der Waals surface area contributed by atoms with Crippen molar-refractivity contribution in [1.82, 2.24) is 5.32 Å². The maximum absolute atomic E-state index is 12.4. The second-order valence-electron chi connectivity index (χ2n) is 12.9. The van der Waals surface area contributed by atoms with E-state index in [2.05, 4.69) is 55.6 Å². The summed E-state index contributed by atoms with van der Waals surface area (Å²) in [6, 6.07) is -1.01. The zero-order chi connectivity index (χ0) is 33.2. The summed E-state index contributed by atoms with van der Waals surface area (Å²) in [6.07, 6.45) is 37.5. The third kappa shape index (κ3) is 28.5. The molecule has 0 aromatic rings. The highest BCUT2D eigenvalue weighted by atomic mass is 16.3. The molecular formula is C39H73NO5. The van der Waals surface area contributed by atoms with Crippen LogP contribution in [-0.2, 0) is 4.79 Å². The second-order valence-corrected chi connectivity index (χ2v) is 12.9. The van der Waals surface area contributed by atoms with Crippen molar-refractivity contribution < 1.29 is 25.2 Å². The number of allylic oxidation sites excluding steroid dienone is 6. The van der Waals surface area contributed by atoms with Crippen LogP contribution in [-0.4, -0.2) is 57.3 Å². The average Bonchev–Trinajstić information content (AvgIpc) is 3.04. The predicted molar refractivity (Wildman–Crippen MR) is 191 cm³/mol. The topological polar surface area (TPSA) is 110 Å². The van der Waals surface area contributed by atoms with Gasteiger partial charge in [-0.05, 0) is 70.6 Å². The van der Waals surface area contributed by atoms with Crippen LogP contribution < -0.4 is 5.32 Å². The monoisotopic (exact) mass is 636 g/mol. The summed E-state index contributed by atoms with van der Waals surface area (Å²) in [5.41, 5.74) is 0. The highest BCUT2D eigenvalue weighted by Crippen LogP contribution is 2.14. The normalized spacial score (nSPS) is 14.9. The van der Waals surface area contributed by atoms with Crippen LogP contribution in [0.15, 0.2) is 36.5 Å². The maximum Gasteiger partial charge on any atom is 0.249 e. The lowest BCUT2D eigenvalue weighted by Gasteiger charge is -2.27. The number of aliphatic hydroxyl groups is 4. The number of carbonyl (C=O) groups excluding carboxylic acids is 1. The van der Waals surface area contributed by atoms with Gasteiger partial charge in [0, 0.05) is 0 Å². The van der Waals surface area contributed by atoms with Crippen molar-refractivity contribution in [1.29, 1.82) is 0 Å². The van der Waals surface area contributed by atoms with Crippen molar-refractivity contribution in [3.8, 4) is 0 Å². The van der Waals surface area contributed by atoms with E-state index >= 15 is 0 Å². The Bertz CT molecular complexity index is 722. The second kappa shape index (κ2) is 33.9. The minimum Gasteiger partial charge on any atom is -0.394 e. The lowest BCUT2D eigenvalue weighted by molar-refractivity contribution is -0.132. The van der Waals surface area contributed by atoms with Gasteiger partial charge >= 0.3 is 0 Å². The van der Waals surface area contributed by atoms with Gasteiger partial charge < -0.3 is 25.7 Å². The van der Waals surface area contributed by atoms with Crippen molar-refractivity contribution in [3.63, 3.8) is 0 Å². The number of hydrogen-bond acceptors (Lipinski definition) is 5. The van der Waals surface area contributed by atoms with Crippen LogP contribution in [0, 0.1) is 0 Å². The molecule has 45 heavy (non-hydrogen) atoms. The van der Waals surface area contributed by atoms with Crippen LogP contribution in [0.4, 0.5) is 0 Å². The fourth-order valence-electron chi connectivity index (χ4n) is 5.48. The molecule has 0 radical (unpaired) electrons. The quantitative estimate of drug-likeness (QED) is 0.0365. The Morgan fingerprint density at radius 3 is 1.49 bits per heavy atom. The summed E-state index contributed by atoms with van der Waals surface area (Å²) in [7, 11) is 0. The first-order chi connectivity index (χ1) is 22.0. The highest BCUT2D eigenvalue weighted by molar-refractivity contribution is 5.80. The van der Waals surface area contributed by atoms with Gasteiger partial charge in [0.25, 0.3) is 0 Å². The van der Waals surface area contributed by atoms with Gasteiger partial charge in [0.1, 0.15) is 12.2 Å². The molecule has 6 nitrogen and oxygen atoms in total. The molecule has 0 saturated heterocycles. The molecule has 5 N–H and O–H groups in total. The molecule has 6 heteroatoms. The molecule has 0 aliphatic heterocycles. The van der Waals surface area contributed by atoms with Crippen LogP contribution in [0.1, 0.15) is 174 Å². The molecule has 0 spiro atoms. The summed E-state index contributed by atoms with van der Waals surface area (Å²) in [4.78, 5) is 12.4. The molecule has 4 unspecified atom stereocenters. The van der Waals surface area contributed by atoms with Crippen LogP contribution in [0.3, 0.4) is 0 Å². The lowest BCUT2D eigenvalue weighted by atomic mass is 10.00. The minimum atomic E-state index is -1.29. The average molecular weight is 636 g/mol. The molecule has 0 fully saturated rings. The first-order valence-electron chi connectivity index (χ1n) is 18.9. The fraction of sp³-hybridized carbons (Fsp3) is 0.821. The highest BCUT2D eigenvalue weighted by Gasteiger charge is 2.28. The molecule has 0 aliphatic rings. The molecule has 0 heterocycles. The third-order valence-electron chi connectivity index (χ3n) is 8.53. The Balaban J connectivity index is 3.82. The van der Waals surface area contributed by atoms with Crippen LogP contribution >= 0.6 is 0 Å². The van der Waals surface area contributed by atoms with Crippen molar-refractivity contribution in [2.24, 2.45) is 0 Å². The van der Waals surface area contributed by atoms with E-state index in [0.717, 1.165) is 57.8 Å². The van der Waals surface area contributed by atoms with E-state index in [1.807, 2.05) is 0 Å². The zero-order valence-electron chi connectivity index (χ0n) is 29.4. The predicted octanol–water partition coefficient (Wildman–Crippen LogP) is 9.01. The van der Waals surface area contributed by atoms with E-state index in [4.69, 9.17) is 0 Å². The van der Waals surface area contributed by atoms with Gasteiger partial charge in [0.2, 0.25) is 5.91 Å². The summed E-state index contributed by atoms with van der Waals surface area (Å²) in [5.74, 6) is -0.606. The number of nitrogens with one attached hydrogen (secondary N) is 1. The van der Waals surface area contributed by atoms with Crippen molar-refractivity contribution >= 4 is 5.91 Å². The van der Waals surface area contributed by atoms with Gasteiger partial charge in [0.05, 0.1) is 18.8 Å². The summed E-state index contributed by atoms with van der Waals surface area (Å²) in [5, 5.41) is 43.3.